The van der Waals surface area contributed by atoms with Crippen molar-refractivity contribution in [1.82, 2.24) is 0 Å². The van der Waals surface area contributed by atoms with Gasteiger partial charge in [0.1, 0.15) is 17.9 Å². The van der Waals surface area contributed by atoms with E-state index >= 15 is 0 Å². The van der Waals surface area contributed by atoms with Crippen LogP contribution in [0.5, 0.6) is 5.75 Å². The van der Waals surface area contributed by atoms with Crippen molar-refractivity contribution in [1.29, 1.82) is 0 Å². The predicted molar refractivity (Wildman–Crippen MR) is 52.7 cm³/mol. The maximum Gasteiger partial charge on any atom is 0.142 e. The molecule has 0 saturated heterocycles. The molecule has 3 heteroatoms. The number of ether oxygens (including phenoxy) is 1. The number of halogens is 1. The van der Waals surface area contributed by atoms with Gasteiger partial charge >= 0.3 is 0 Å². The van der Waals surface area contributed by atoms with E-state index in [1.54, 1.807) is 6.07 Å². The molecule has 0 aliphatic heterocycles. The topological polar surface area (TPSA) is 26.3 Å². The van der Waals surface area contributed by atoms with E-state index in [0.29, 0.717) is 24.2 Å². The zero-order valence-electron chi connectivity index (χ0n) is 7.87. The summed E-state index contributed by atoms with van der Waals surface area (Å²) in [5, 5.41) is 0. The molecule has 14 heavy (non-hydrogen) atoms. The van der Waals surface area contributed by atoms with Crippen LogP contribution in [0, 0.1) is 5.82 Å². The number of carbonyl (C=O) groups is 1. The van der Waals surface area contributed by atoms with E-state index in [9.17, 15) is 9.18 Å². The minimum Gasteiger partial charge on any atom is -0.494 e. The second kappa shape index (κ2) is 5.17. The van der Waals surface area contributed by atoms with Crippen molar-refractivity contribution in [2.45, 2.75) is 6.92 Å². The summed E-state index contributed by atoms with van der Waals surface area (Å²) >= 11 is 0. The van der Waals surface area contributed by atoms with Crippen LogP contribution in [0.1, 0.15) is 12.5 Å². The van der Waals surface area contributed by atoms with E-state index in [2.05, 4.69) is 0 Å². The van der Waals surface area contributed by atoms with Gasteiger partial charge in [0.15, 0.2) is 0 Å². The third-order valence-corrected chi connectivity index (χ3v) is 1.57. The van der Waals surface area contributed by atoms with Gasteiger partial charge in [0.2, 0.25) is 0 Å². The van der Waals surface area contributed by atoms with E-state index in [1.807, 2.05) is 6.92 Å². The molecule has 0 aliphatic carbocycles. The highest BCUT2D eigenvalue weighted by atomic mass is 19.1. The Hall–Kier alpha value is -1.64. The highest BCUT2D eigenvalue weighted by molar-refractivity contribution is 5.74. The number of rotatable bonds is 4. The highest BCUT2D eigenvalue weighted by Gasteiger charge is 1.98. The quantitative estimate of drug-likeness (QED) is 0.543. The lowest BCUT2D eigenvalue weighted by molar-refractivity contribution is -0.104. The molecule has 0 atom stereocenters. The summed E-state index contributed by atoms with van der Waals surface area (Å²) in [6.07, 6.45) is 3.48. The second-order valence-corrected chi connectivity index (χ2v) is 2.65. The van der Waals surface area contributed by atoms with Crippen molar-refractivity contribution in [2.24, 2.45) is 0 Å². The summed E-state index contributed by atoms with van der Waals surface area (Å²) in [7, 11) is 0. The van der Waals surface area contributed by atoms with E-state index in [-0.39, 0.29) is 5.82 Å². The maximum absolute atomic E-state index is 13.0. The lowest BCUT2D eigenvalue weighted by atomic mass is 10.2. The Kier molecular flexibility index (Phi) is 3.85. The van der Waals surface area contributed by atoms with Crippen LogP contribution in [-0.4, -0.2) is 12.9 Å². The summed E-state index contributed by atoms with van der Waals surface area (Å²) < 4.78 is 18.1. The standard InChI is InChI=1S/C11H11FO2/c1-2-14-11-7-9(4-3-5-13)6-10(12)8-11/h3-8H,2H2,1H3. The smallest absolute Gasteiger partial charge is 0.142 e. The van der Waals surface area contributed by atoms with Crippen LogP contribution in [0.25, 0.3) is 6.08 Å². The molecule has 0 heterocycles. The van der Waals surface area contributed by atoms with E-state index in [1.165, 1.54) is 24.3 Å². The predicted octanol–water partition coefficient (Wildman–Crippen LogP) is 2.44. The Balaban J connectivity index is 2.94. The zero-order valence-corrected chi connectivity index (χ0v) is 7.87. The number of hydrogen-bond acceptors (Lipinski definition) is 2. The summed E-state index contributed by atoms with van der Waals surface area (Å²) in [6, 6.07) is 4.32. The second-order valence-electron chi connectivity index (χ2n) is 2.65. The van der Waals surface area contributed by atoms with Crippen LogP contribution in [0.2, 0.25) is 0 Å². The Labute approximate surface area is 82.0 Å². The molecule has 74 valence electrons. The number of hydrogen-bond donors (Lipinski definition) is 0. The lowest BCUT2D eigenvalue weighted by Crippen LogP contribution is -1.92. The van der Waals surface area contributed by atoms with Crippen molar-refractivity contribution in [3.05, 3.63) is 35.7 Å². The Morgan fingerprint density at radius 1 is 1.43 bits per heavy atom. The fourth-order valence-electron chi connectivity index (χ4n) is 1.08. The molecule has 0 saturated carbocycles. The number of allylic oxidation sites excluding steroid dienone is 1. The Bertz CT molecular complexity index is 345. The van der Waals surface area contributed by atoms with Gasteiger partial charge in [-0.3, -0.25) is 4.79 Å². The van der Waals surface area contributed by atoms with E-state index in [4.69, 9.17) is 4.74 Å². The fraction of sp³-hybridized carbons (Fsp3) is 0.182. The van der Waals surface area contributed by atoms with Crippen LogP contribution in [0.4, 0.5) is 4.39 Å². The first-order valence-electron chi connectivity index (χ1n) is 4.31. The van der Waals surface area contributed by atoms with Crippen molar-refractivity contribution in [2.75, 3.05) is 6.61 Å². The molecule has 0 aromatic heterocycles. The molecule has 0 fully saturated rings. The third-order valence-electron chi connectivity index (χ3n) is 1.57. The number of benzene rings is 1. The van der Waals surface area contributed by atoms with Crippen LogP contribution >= 0.6 is 0 Å². The monoisotopic (exact) mass is 194 g/mol. The van der Waals surface area contributed by atoms with E-state index < -0.39 is 0 Å². The molecule has 2 nitrogen and oxygen atoms in total. The summed E-state index contributed by atoms with van der Waals surface area (Å²) in [6.45, 7) is 2.31. The van der Waals surface area contributed by atoms with Crippen molar-refractivity contribution in [3.63, 3.8) is 0 Å². The van der Waals surface area contributed by atoms with Crippen molar-refractivity contribution < 1.29 is 13.9 Å². The summed E-state index contributed by atoms with van der Waals surface area (Å²) in [4.78, 5) is 10.1. The molecule has 0 radical (unpaired) electrons. The number of carbonyl (C=O) groups excluding carboxylic acids is 1. The lowest BCUT2D eigenvalue weighted by Gasteiger charge is -2.03. The van der Waals surface area contributed by atoms with Gasteiger partial charge < -0.3 is 4.74 Å². The minimum absolute atomic E-state index is 0.374. The molecule has 0 unspecified atom stereocenters. The summed E-state index contributed by atoms with van der Waals surface area (Å²) in [5.74, 6) is 0.0968. The molecule has 0 aliphatic rings. The Morgan fingerprint density at radius 2 is 2.21 bits per heavy atom. The zero-order chi connectivity index (χ0) is 10.4. The van der Waals surface area contributed by atoms with Gasteiger partial charge in [-0.1, -0.05) is 6.08 Å². The van der Waals surface area contributed by atoms with Crippen molar-refractivity contribution >= 4 is 12.4 Å². The van der Waals surface area contributed by atoms with Gasteiger partial charge in [-0.15, -0.1) is 0 Å². The average molecular weight is 194 g/mol. The molecule has 0 amide bonds. The average Bonchev–Trinajstić information content (AvgIpc) is 2.14. The van der Waals surface area contributed by atoms with Crippen LogP contribution in [-0.2, 0) is 4.79 Å². The normalized spacial score (nSPS) is 10.4. The van der Waals surface area contributed by atoms with Gasteiger partial charge in [-0.2, -0.15) is 0 Å². The molecular formula is C11H11FO2. The van der Waals surface area contributed by atoms with Crippen LogP contribution < -0.4 is 4.74 Å². The number of aldehydes is 1. The first kappa shape index (κ1) is 10.4. The van der Waals surface area contributed by atoms with E-state index in [0.717, 1.165) is 0 Å². The molecule has 1 aromatic rings. The summed E-state index contributed by atoms with van der Waals surface area (Å²) in [5.41, 5.74) is 0.612. The molecule has 0 N–H and O–H groups in total. The molecule has 0 bridgehead atoms. The third kappa shape index (κ3) is 3.01. The maximum atomic E-state index is 13.0. The highest BCUT2D eigenvalue weighted by Crippen LogP contribution is 2.17. The fourth-order valence-corrected chi connectivity index (χ4v) is 1.08. The van der Waals surface area contributed by atoms with Gasteiger partial charge in [0, 0.05) is 6.07 Å². The van der Waals surface area contributed by atoms with Crippen LogP contribution in [0.3, 0.4) is 0 Å². The molecule has 1 rings (SSSR count). The van der Waals surface area contributed by atoms with Crippen LogP contribution in [0.15, 0.2) is 24.3 Å². The first-order chi connectivity index (χ1) is 6.76. The first-order valence-corrected chi connectivity index (χ1v) is 4.31. The van der Waals surface area contributed by atoms with Gasteiger partial charge in [0.25, 0.3) is 0 Å². The molecule has 1 aromatic carbocycles. The molecular weight excluding hydrogens is 183 g/mol. The SMILES string of the molecule is CCOc1cc(F)cc(C=CC=O)c1. The van der Waals surface area contributed by atoms with Gasteiger partial charge in [-0.25, -0.2) is 4.39 Å². The minimum atomic E-state index is -0.374. The largest absolute Gasteiger partial charge is 0.494 e. The Morgan fingerprint density at radius 3 is 2.86 bits per heavy atom. The molecule has 0 spiro atoms. The van der Waals surface area contributed by atoms with Gasteiger partial charge in [0.05, 0.1) is 6.61 Å². The van der Waals surface area contributed by atoms with Crippen molar-refractivity contribution in [3.8, 4) is 5.75 Å². The van der Waals surface area contributed by atoms with Gasteiger partial charge in [-0.05, 0) is 30.7 Å².